The lowest BCUT2D eigenvalue weighted by molar-refractivity contribution is -0.163. The van der Waals surface area contributed by atoms with Crippen LogP contribution < -0.4 is 11.1 Å². The third-order valence-corrected chi connectivity index (χ3v) is 7.96. The molecule has 6 atom stereocenters. The molecule has 1 amide bonds. The lowest BCUT2D eigenvalue weighted by atomic mass is 9.83. The van der Waals surface area contributed by atoms with Crippen LogP contribution in [0.5, 0.6) is 0 Å². The van der Waals surface area contributed by atoms with Crippen LogP contribution in [0.25, 0.3) is 0 Å². The van der Waals surface area contributed by atoms with Gasteiger partial charge < -0.3 is 35.4 Å². The summed E-state index contributed by atoms with van der Waals surface area (Å²) in [6, 6.07) is 3.91. The van der Waals surface area contributed by atoms with Gasteiger partial charge >= 0.3 is 11.9 Å². The number of carbonyl (C=O) groups excluding carboxylic acids is 3. The lowest BCUT2D eigenvalue weighted by Crippen LogP contribution is -2.49. The summed E-state index contributed by atoms with van der Waals surface area (Å²) in [4.78, 5) is 44.8. The lowest BCUT2D eigenvalue weighted by Gasteiger charge is -2.29. The van der Waals surface area contributed by atoms with Gasteiger partial charge in [-0.15, -0.1) is 0 Å². The van der Waals surface area contributed by atoms with E-state index >= 15 is 0 Å². The van der Waals surface area contributed by atoms with Gasteiger partial charge in [0.05, 0.1) is 11.4 Å². The first-order chi connectivity index (χ1) is 19.8. The molecule has 13 nitrogen and oxygen atoms in total. The summed E-state index contributed by atoms with van der Waals surface area (Å²) in [6.45, 7) is 8.51. The van der Waals surface area contributed by atoms with Gasteiger partial charge in [-0.2, -0.15) is 5.26 Å². The molecule has 1 saturated carbocycles. The Kier molecular flexibility index (Phi) is 10.6. The Labute approximate surface area is 245 Å². The van der Waals surface area contributed by atoms with E-state index in [0.29, 0.717) is 6.42 Å². The Hall–Kier alpha value is -3.60. The molecule has 0 radical (unpaired) electrons. The van der Waals surface area contributed by atoms with Crippen molar-refractivity contribution >= 4 is 30.0 Å². The van der Waals surface area contributed by atoms with Crippen LogP contribution in [-0.2, 0) is 34.2 Å². The Bertz CT molecular complexity index is 1230. The summed E-state index contributed by atoms with van der Waals surface area (Å²) in [5.74, 6) is -1.59. The molecule has 42 heavy (non-hydrogen) atoms. The first kappa shape index (κ1) is 32.9. The fourth-order valence-electron chi connectivity index (χ4n) is 4.59. The number of rotatable bonds is 11. The summed E-state index contributed by atoms with van der Waals surface area (Å²) in [5, 5.41) is 31.8. The number of H-pyrrole nitrogens is 1. The number of aromatic amines is 1. The second kappa shape index (κ2) is 13.6. The number of aromatic nitrogens is 1. The smallest absolute Gasteiger partial charge is 0.323 e. The van der Waals surface area contributed by atoms with Crippen molar-refractivity contribution in [1.29, 1.82) is 10.7 Å². The van der Waals surface area contributed by atoms with Crippen LogP contribution in [0.2, 0.25) is 0 Å². The molecule has 1 aromatic heterocycles. The van der Waals surface area contributed by atoms with E-state index in [1.54, 1.807) is 27.7 Å². The van der Waals surface area contributed by atoms with Crippen LogP contribution in [0.4, 0.5) is 0 Å². The van der Waals surface area contributed by atoms with E-state index in [4.69, 9.17) is 25.4 Å². The third kappa shape index (κ3) is 7.24. The SMILES string of the molecule is CC[C@H](C)C(=O)N/C(=N/C=N)c1ccc([C@]2(C#N)O[C@H](COC(=O)CC3CCC3)[C@@H](OC(=O)[C@H](N)C(C)(C)C)[C@H]2O)[nH]1. The number of hydrogen-bond acceptors (Lipinski definition) is 10. The van der Waals surface area contributed by atoms with Crippen molar-refractivity contribution in [3.05, 3.63) is 23.5 Å². The van der Waals surface area contributed by atoms with Crippen LogP contribution in [0.1, 0.15) is 78.1 Å². The molecular weight excluding hydrogens is 544 g/mol. The topological polar surface area (TPSA) is 213 Å². The van der Waals surface area contributed by atoms with Crippen LogP contribution in [0.15, 0.2) is 17.1 Å². The highest BCUT2D eigenvalue weighted by molar-refractivity contribution is 6.09. The maximum absolute atomic E-state index is 13.0. The van der Waals surface area contributed by atoms with E-state index in [0.717, 1.165) is 25.6 Å². The molecule has 13 heteroatoms. The fraction of sp³-hybridized carbons (Fsp3) is 0.655. The molecule has 2 aliphatic rings. The number of aliphatic hydroxyl groups is 1. The molecule has 1 aliphatic carbocycles. The Balaban J connectivity index is 1.90. The number of carbonyl (C=O) groups is 3. The minimum Gasteiger partial charge on any atom is -0.463 e. The molecule has 6 N–H and O–H groups in total. The van der Waals surface area contributed by atoms with Crippen LogP contribution in [0, 0.1) is 34.0 Å². The van der Waals surface area contributed by atoms with Gasteiger partial charge in [-0.25, -0.2) is 4.99 Å². The number of hydrogen-bond donors (Lipinski definition) is 5. The first-order valence-electron chi connectivity index (χ1n) is 14.2. The number of nitriles is 1. The molecule has 2 fully saturated rings. The number of nitrogens with one attached hydrogen (secondary N) is 3. The van der Waals surface area contributed by atoms with Crippen molar-refractivity contribution in [2.24, 2.45) is 28.0 Å². The molecule has 2 heterocycles. The van der Waals surface area contributed by atoms with Crippen molar-refractivity contribution in [2.75, 3.05) is 6.61 Å². The maximum atomic E-state index is 13.0. The van der Waals surface area contributed by atoms with Crippen molar-refractivity contribution in [1.82, 2.24) is 10.3 Å². The fourth-order valence-corrected chi connectivity index (χ4v) is 4.59. The molecule has 0 bridgehead atoms. The standard InChI is InChI=1S/C29H42N6O7/c1-6-16(2)26(38)35-25(33-15-31)18-10-11-20(34-18)29(14-30)24(37)22(41-27(39)23(32)28(3,4)5)19(42-29)13-40-21(36)12-17-8-7-9-17/h10-11,15-17,19,22-24,34,37H,6-9,12-13,32H2,1-5H3,(H2,31,33,35,38)/t16-,19+,22+,23-,24+,29-/m0/s1. The molecule has 0 spiro atoms. The van der Waals surface area contributed by atoms with Crippen molar-refractivity contribution in [3.63, 3.8) is 0 Å². The van der Waals surface area contributed by atoms with Crippen LogP contribution in [-0.4, -0.2) is 71.1 Å². The second-order valence-corrected chi connectivity index (χ2v) is 12.1. The van der Waals surface area contributed by atoms with Gasteiger partial charge in [0.2, 0.25) is 11.5 Å². The van der Waals surface area contributed by atoms with E-state index in [1.165, 1.54) is 12.1 Å². The normalized spacial score (nSPS) is 26.0. The number of amidine groups is 1. The summed E-state index contributed by atoms with van der Waals surface area (Å²) in [6.07, 6.45) is 0.269. The van der Waals surface area contributed by atoms with Gasteiger partial charge in [-0.1, -0.05) is 41.0 Å². The van der Waals surface area contributed by atoms with Crippen molar-refractivity contribution < 1.29 is 33.7 Å². The average Bonchev–Trinajstić information content (AvgIpc) is 3.52. The predicted molar refractivity (Wildman–Crippen MR) is 152 cm³/mol. The number of amides is 1. The molecule has 0 aromatic carbocycles. The summed E-state index contributed by atoms with van der Waals surface area (Å²) >= 11 is 0. The van der Waals surface area contributed by atoms with E-state index in [2.05, 4.69) is 15.3 Å². The number of esters is 2. The minimum absolute atomic E-state index is 0.0303. The van der Waals surface area contributed by atoms with Crippen molar-refractivity contribution in [2.45, 2.75) is 96.7 Å². The van der Waals surface area contributed by atoms with Crippen molar-refractivity contribution in [3.8, 4) is 6.07 Å². The number of ether oxygens (including phenoxy) is 3. The quantitative estimate of drug-likeness (QED) is 0.145. The highest BCUT2D eigenvalue weighted by Gasteiger charge is 2.59. The van der Waals surface area contributed by atoms with Crippen LogP contribution >= 0.6 is 0 Å². The summed E-state index contributed by atoms with van der Waals surface area (Å²) in [5.41, 5.74) is 3.68. The van der Waals surface area contributed by atoms with E-state index in [1.807, 2.05) is 13.0 Å². The zero-order valence-electron chi connectivity index (χ0n) is 24.8. The van der Waals surface area contributed by atoms with E-state index < -0.39 is 47.3 Å². The number of aliphatic imine (C=N–C) groups is 1. The highest BCUT2D eigenvalue weighted by atomic mass is 16.6. The average molecular weight is 587 g/mol. The molecule has 0 unspecified atom stereocenters. The summed E-state index contributed by atoms with van der Waals surface area (Å²) in [7, 11) is 0. The number of aliphatic hydroxyl groups excluding tert-OH is 1. The van der Waals surface area contributed by atoms with Gasteiger partial charge in [-0.05, 0) is 42.7 Å². The van der Waals surface area contributed by atoms with Gasteiger partial charge in [0, 0.05) is 12.3 Å². The van der Waals surface area contributed by atoms with Gasteiger partial charge in [0.15, 0.2) is 11.9 Å². The Morgan fingerprint density at radius 1 is 1.38 bits per heavy atom. The van der Waals surface area contributed by atoms with Crippen LogP contribution in [0.3, 0.4) is 0 Å². The molecule has 230 valence electrons. The molecule has 1 aliphatic heterocycles. The predicted octanol–water partition coefficient (Wildman–Crippen LogP) is 2.03. The number of nitrogens with two attached hydrogens (primary N) is 1. The zero-order chi connectivity index (χ0) is 31.2. The monoisotopic (exact) mass is 586 g/mol. The molecular formula is C29H42N6O7. The Morgan fingerprint density at radius 3 is 2.62 bits per heavy atom. The molecule has 1 aromatic rings. The molecule has 3 rings (SSSR count). The molecule has 1 saturated heterocycles. The van der Waals surface area contributed by atoms with Gasteiger partial charge in [-0.3, -0.25) is 19.8 Å². The largest absolute Gasteiger partial charge is 0.463 e. The van der Waals surface area contributed by atoms with E-state index in [9.17, 15) is 24.8 Å². The zero-order valence-corrected chi connectivity index (χ0v) is 24.8. The second-order valence-electron chi connectivity index (χ2n) is 12.1. The minimum atomic E-state index is -2.07. The number of nitrogens with zero attached hydrogens (tertiary/aromatic N) is 2. The summed E-state index contributed by atoms with van der Waals surface area (Å²) < 4.78 is 17.1. The Morgan fingerprint density at radius 2 is 2.07 bits per heavy atom. The maximum Gasteiger partial charge on any atom is 0.323 e. The van der Waals surface area contributed by atoms with E-state index in [-0.39, 0.29) is 48.0 Å². The third-order valence-electron chi connectivity index (χ3n) is 7.96. The first-order valence-corrected chi connectivity index (χ1v) is 14.2. The van der Waals surface area contributed by atoms with Gasteiger partial charge in [0.1, 0.15) is 37.3 Å². The van der Waals surface area contributed by atoms with Gasteiger partial charge in [0.25, 0.3) is 0 Å². The highest BCUT2D eigenvalue weighted by Crippen LogP contribution is 2.41.